The van der Waals surface area contributed by atoms with Gasteiger partial charge in [-0.15, -0.1) is 5.48 Å². The molecule has 0 aliphatic carbocycles. The first-order valence-electron chi connectivity index (χ1n) is 6.85. The number of alkyl halides is 3. The van der Waals surface area contributed by atoms with Crippen LogP contribution in [0.3, 0.4) is 0 Å². The SMILES string of the molecule is O=C(ONC1CCN(Cc2cccc(F)c2)CC1)C(F)(F)F. The lowest BCUT2D eigenvalue weighted by molar-refractivity contribution is -0.209. The standard InChI is InChI=1S/C14H16F4N2O2/c15-11-3-1-2-10(8-11)9-20-6-4-12(5-7-20)19-22-13(21)14(16,17)18/h1-3,8,12,19H,4-7,9H2. The highest BCUT2D eigenvalue weighted by molar-refractivity contribution is 5.75. The number of hydrogen-bond donors (Lipinski definition) is 1. The summed E-state index contributed by atoms with van der Waals surface area (Å²) in [5, 5.41) is 0. The highest BCUT2D eigenvalue weighted by atomic mass is 19.4. The van der Waals surface area contributed by atoms with Gasteiger partial charge in [0.1, 0.15) is 5.82 Å². The number of likely N-dealkylation sites (tertiary alicyclic amines) is 1. The van der Waals surface area contributed by atoms with E-state index in [2.05, 4.69) is 15.2 Å². The molecule has 1 aliphatic heterocycles. The molecule has 1 fully saturated rings. The van der Waals surface area contributed by atoms with Crippen molar-refractivity contribution in [3.8, 4) is 0 Å². The van der Waals surface area contributed by atoms with Gasteiger partial charge in [-0.05, 0) is 30.5 Å². The van der Waals surface area contributed by atoms with Crippen LogP contribution in [0.5, 0.6) is 0 Å². The molecule has 0 aromatic heterocycles. The molecule has 0 unspecified atom stereocenters. The summed E-state index contributed by atoms with van der Waals surface area (Å²) >= 11 is 0. The molecule has 122 valence electrons. The van der Waals surface area contributed by atoms with Crippen molar-refractivity contribution >= 4 is 5.97 Å². The van der Waals surface area contributed by atoms with Crippen LogP contribution in [-0.2, 0) is 16.2 Å². The molecule has 2 rings (SSSR count). The summed E-state index contributed by atoms with van der Waals surface area (Å²) < 4.78 is 49.0. The predicted molar refractivity (Wildman–Crippen MR) is 70.0 cm³/mol. The molecule has 4 nitrogen and oxygen atoms in total. The van der Waals surface area contributed by atoms with E-state index in [0.717, 1.165) is 5.56 Å². The summed E-state index contributed by atoms with van der Waals surface area (Å²) in [6.45, 7) is 1.82. The molecule has 1 aliphatic rings. The molecular weight excluding hydrogens is 304 g/mol. The molecule has 1 N–H and O–H groups in total. The average molecular weight is 320 g/mol. The van der Waals surface area contributed by atoms with Gasteiger partial charge < -0.3 is 4.84 Å². The third-order valence-electron chi connectivity index (χ3n) is 3.43. The summed E-state index contributed by atoms with van der Waals surface area (Å²) in [6, 6.07) is 5.97. The Bertz CT molecular complexity index is 514. The van der Waals surface area contributed by atoms with Crippen molar-refractivity contribution in [3.63, 3.8) is 0 Å². The minimum atomic E-state index is -4.99. The van der Waals surface area contributed by atoms with Crippen LogP contribution in [0.25, 0.3) is 0 Å². The van der Waals surface area contributed by atoms with Crippen molar-refractivity contribution in [1.82, 2.24) is 10.4 Å². The maximum absolute atomic E-state index is 13.1. The van der Waals surface area contributed by atoms with Gasteiger partial charge >= 0.3 is 12.1 Å². The Morgan fingerprint density at radius 3 is 2.59 bits per heavy atom. The van der Waals surface area contributed by atoms with E-state index >= 15 is 0 Å². The van der Waals surface area contributed by atoms with Crippen LogP contribution in [0.1, 0.15) is 18.4 Å². The van der Waals surface area contributed by atoms with E-state index < -0.39 is 12.1 Å². The molecule has 0 saturated carbocycles. The molecule has 1 aromatic rings. The van der Waals surface area contributed by atoms with Crippen LogP contribution < -0.4 is 5.48 Å². The van der Waals surface area contributed by atoms with E-state index in [1.54, 1.807) is 6.07 Å². The number of benzene rings is 1. The van der Waals surface area contributed by atoms with Crippen molar-refractivity contribution in [3.05, 3.63) is 35.6 Å². The van der Waals surface area contributed by atoms with E-state index in [1.807, 2.05) is 6.07 Å². The molecule has 8 heteroatoms. The summed E-state index contributed by atoms with van der Waals surface area (Å²) in [5.41, 5.74) is 3.01. The Hall–Kier alpha value is -1.67. The van der Waals surface area contributed by atoms with Gasteiger partial charge in [-0.3, -0.25) is 4.90 Å². The lowest BCUT2D eigenvalue weighted by atomic mass is 10.1. The van der Waals surface area contributed by atoms with Gasteiger partial charge in [0.2, 0.25) is 0 Å². The Kier molecular flexibility index (Phi) is 5.36. The molecule has 1 heterocycles. The quantitative estimate of drug-likeness (QED) is 0.683. The van der Waals surface area contributed by atoms with Crippen molar-refractivity contribution in [2.24, 2.45) is 0 Å². The third-order valence-corrected chi connectivity index (χ3v) is 3.43. The van der Waals surface area contributed by atoms with Crippen LogP contribution in [0.4, 0.5) is 17.6 Å². The van der Waals surface area contributed by atoms with Gasteiger partial charge in [-0.1, -0.05) is 12.1 Å². The third kappa shape index (κ3) is 4.96. The number of carbonyl (C=O) groups is 1. The normalized spacial score (nSPS) is 17.5. The second kappa shape index (κ2) is 7.06. The number of nitrogens with zero attached hydrogens (tertiary/aromatic N) is 1. The van der Waals surface area contributed by atoms with Gasteiger partial charge in [-0.2, -0.15) is 13.2 Å². The summed E-state index contributed by atoms with van der Waals surface area (Å²) in [6.07, 6.45) is -3.91. The fraction of sp³-hybridized carbons (Fsp3) is 0.500. The fourth-order valence-corrected chi connectivity index (χ4v) is 2.30. The van der Waals surface area contributed by atoms with Crippen molar-refractivity contribution in [1.29, 1.82) is 0 Å². The molecule has 22 heavy (non-hydrogen) atoms. The first kappa shape index (κ1) is 16.7. The van der Waals surface area contributed by atoms with E-state index in [4.69, 9.17) is 0 Å². The summed E-state index contributed by atoms with van der Waals surface area (Å²) in [7, 11) is 0. The number of halogens is 4. The largest absolute Gasteiger partial charge is 0.492 e. The van der Waals surface area contributed by atoms with Gasteiger partial charge in [0.15, 0.2) is 0 Å². The monoisotopic (exact) mass is 320 g/mol. The molecule has 1 aromatic carbocycles. The van der Waals surface area contributed by atoms with E-state index in [9.17, 15) is 22.4 Å². The Labute approximate surface area is 125 Å². The van der Waals surface area contributed by atoms with E-state index in [1.165, 1.54) is 12.1 Å². The highest BCUT2D eigenvalue weighted by Crippen LogP contribution is 2.18. The number of piperidine rings is 1. The second-order valence-corrected chi connectivity index (χ2v) is 5.19. The van der Waals surface area contributed by atoms with Crippen LogP contribution in [-0.4, -0.2) is 36.2 Å². The molecule has 1 saturated heterocycles. The fourth-order valence-electron chi connectivity index (χ4n) is 2.30. The number of rotatable bonds is 4. The number of hydrogen-bond acceptors (Lipinski definition) is 4. The van der Waals surface area contributed by atoms with Crippen LogP contribution >= 0.6 is 0 Å². The van der Waals surface area contributed by atoms with Crippen molar-refractivity contribution in [2.75, 3.05) is 13.1 Å². The molecule has 0 bridgehead atoms. The zero-order valence-corrected chi connectivity index (χ0v) is 11.7. The smallest absolute Gasteiger partial charge is 0.363 e. The van der Waals surface area contributed by atoms with E-state index in [0.29, 0.717) is 32.5 Å². The maximum Gasteiger partial charge on any atom is 0.492 e. The number of nitrogens with one attached hydrogen (secondary N) is 1. The molecule has 0 radical (unpaired) electrons. The maximum atomic E-state index is 13.1. The average Bonchev–Trinajstić information content (AvgIpc) is 2.45. The summed E-state index contributed by atoms with van der Waals surface area (Å²) in [5.74, 6) is -2.54. The Morgan fingerprint density at radius 1 is 1.32 bits per heavy atom. The summed E-state index contributed by atoms with van der Waals surface area (Å²) in [4.78, 5) is 16.7. The number of carbonyl (C=O) groups excluding carboxylic acids is 1. The van der Waals surface area contributed by atoms with Gasteiger partial charge in [-0.25, -0.2) is 9.18 Å². The minimum absolute atomic E-state index is 0.298. The molecule has 0 atom stereocenters. The predicted octanol–water partition coefficient (Wildman–Crippen LogP) is 2.40. The Balaban J connectivity index is 1.73. The van der Waals surface area contributed by atoms with Gasteiger partial charge in [0.25, 0.3) is 0 Å². The number of hydroxylamine groups is 1. The van der Waals surface area contributed by atoms with Crippen LogP contribution in [0.15, 0.2) is 24.3 Å². The van der Waals surface area contributed by atoms with Gasteiger partial charge in [0, 0.05) is 25.7 Å². The van der Waals surface area contributed by atoms with Gasteiger partial charge in [0.05, 0.1) is 0 Å². The van der Waals surface area contributed by atoms with E-state index in [-0.39, 0.29) is 11.9 Å². The topological polar surface area (TPSA) is 41.6 Å². The Morgan fingerprint density at radius 2 is 2.00 bits per heavy atom. The first-order valence-corrected chi connectivity index (χ1v) is 6.85. The second-order valence-electron chi connectivity index (χ2n) is 5.19. The molecule has 0 amide bonds. The zero-order chi connectivity index (χ0) is 16.2. The van der Waals surface area contributed by atoms with Crippen molar-refractivity contribution < 1.29 is 27.2 Å². The lowest BCUT2D eigenvalue weighted by Gasteiger charge is -2.31. The van der Waals surface area contributed by atoms with Crippen LogP contribution in [0.2, 0.25) is 0 Å². The minimum Gasteiger partial charge on any atom is -0.363 e. The highest BCUT2D eigenvalue weighted by Gasteiger charge is 2.41. The lowest BCUT2D eigenvalue weighted by Crippen LogP contribution is -2.44. The first-order chi connectivity index (χ1) is 10.3. The molecule has 0 spiro atoms. The molecular formula is C14H16F4N2O2. The van der Waals surface area contributed by atoms with Crippen molar-refractivity contribution in [2.45, 2.75) is 31.6 Å². The van der Waals surface area contributed by atoms with Crippen LogP contribution in [0, 0.1) is 5.82 Å². The zero-order valence-electron chi connectivity index (χ0n) is 11.7.